The molecule has 2 N–H and O–H groups in total. The number of rotatable bonds is 5. The summed E-state index contributed by atoms with van der Waals surface area (Å²) < 4.78 is 6.50. The van der Waals surface area contributed by atoms with Crippen LogP contribution in [0.3, 0.4) is 0 Å². The molecule has 0 aromatic carbocycles. The highest BCUT2D eigenvalue weighted by Gasteiger charge is 2.21. The molecule has 1 amide bonds. The second-order valence-corrected chi connectivity index (χ2v) is 5.61. The Labute approximate surface area is 127 Å². The van der Waals surface area contributed by atoms with Crippen molar-refractivity contribution in [2.45, 2.75) is 6.10 Å². The highest BCUT2D eigenvalue weighted by Crippen LogP contribution is 2.10. The zero-order valence-corrected chi connectivity index (χ0v) is 13.0. The van der Waals surface area contributed by atoms with Crippen molar-refractivity contribution in [1.82, 2.24) is 15.2 Å². The van der Waals surface area contributed by atoms with Gasteiger partial charge < -0.3 is 15.4 Å². The number of carbonyl (C=O) groups is 1. The Morgan fingerprint density at radius 2 is 2.45 bits per heavy atom. The van der Waals surface area contributed by atoms with Crippen LogP contribution < -0.4 is 10.6 Å². The number of hydrogen-bond acceptors (Lipinski definition) is 5. The summed E-state index contributed by atoms with van der Waals surface area (Å²) in [7, 11) is 1.90. The normalized spacial score (nSPS) is 19.8. The van der Waals surface area contributed by atoms with Crippen LogP contribution in [-0.2, 0) is 9.53 Å². The fourth-order valence-corrected chi connectivity index (χ4v) is 2.34. The van der Waals surface area contributed by atoms with Gasteiger partial charge in [-0.2, -0.15) is 0 Å². The molecule has 6 nitrogen and oxygen atoms in total. The van der Waals surface area contributed by atoms with Gasteiger partial charge in [0.25, 0.3) is 0 Å². The molecule has 1 aromatic heterocycles. The largest absolute Gasteiger partial charge is 0.374 e. The quantitative estimate of drug-likeness (QED) is 0.824. The van der Waals surface area contributed by atoms with E-state index in [1.54, 1.807) is 12.3 Å². The summed E-state index contributed by atoms with van der Waals surface area (Å²) in [5, 5.41) is 5.88. The molecule has 0 saturated carbocycles. The fraction of sp³-hybridized carbons (Fsp3) is 0.538. The second kappa shape index (κ2) is 7.68. The Hall–Kier alpha value is -1.02. The number of aromatic nitrogens is 1. The molecule has 2 rings (SSSR count). The number of pyridine rings is 1. The zero-order valence-electron chi connectivity index (χ0n) is 11.4. The summed E-state index contributed by atoms with van der Waals surface area (Å²) in [5.41, 5.74) is 0. The lowest BCUT2D eigenvalue weighted by molar-refractivity contribution is -0.119. The van der Waals surface area contributed by atoms with Crippen molar-refractivity contribution < 1.29 is 9.53 Å². The molecular formula is C13H19BrN4O2. The van der Waals surface area contributed by atoms with Gasteiger partial charge in [0.15, 0.2) is 0 Å². The number of carbonyl (C=O) groups excluding carboxylic acids is 1. The molecule has 1 fully saturated rings. The van der Waals surface area contributed by atoms with Crippen molar-refractivity contribution in [2.75, 3.05) is 45.2 Å². The van der Waals surface area contributed by atoms with E-state index in [9.17, 15) is 4.79 Å². The van der Waals surface area contributed by atoms with E-state index in [1.165, 1.54) is 0 Å². The highest BCUT2D eigenvalue weighted by molar-refractivity contribution is 9.10. The number of halogens is 1. The molecule has 1 unspecified atom stereocenters. The van der Waals surface area contributed by atoms with Crippen molar-refractivity contribution in [2.24, 2.45) is 0 Å². The zero-order chi connectivity index (χ0) is 14.4. The molecule has 110 valence electrons. The average molecular weight is 343 g/mol. The van der Waals surface area contributed by atoms with Crippen molar-refractivity contribution in [3.8, 4) is 0 Å². The van der Waals surface area contributed by atoms with Gasteiger partial charge in [-0.05, 0) is 35.1 Å². The van der Waals surface area contributed by atoms with Crippen LogP contribution in [0.15, 0.2) is 22.8 Å². The number of likely N-dealkylation sites (N-methyl/N-ethyl adjacent to an activating group) is 1. The molecule has 7 heteroatoms. The van der Waals surface area contributed by atoms with Gasteiger partial charge in [0, 0.05) is 30.3 Å². The van der Waals surface area contributed by atoms with Gasteiger partial charge in [-0.15, -0.1) is 0 Å². The van der Waals surface area contributed by atoms with Crippen LogP contribution in [0.25, 0.3) is 0 Å². The Morgan fingerprint density at radius 1 is 1.60 bits per heavy atom. The van der Waals surface area contributed by atoms with E-state index >= 15 is 0 Å². The summed E-state index contributed by atoms with van der Waals surface area (Å²) in [6, 6.07) is 3.62. The first-order chi connectivity index (χ1) is 9.67. The topological polar surface area (TPSA) is 66.5 Å². The van der Waals surface area contributed by atoms with E-state index < -0.39 is 0 Å². The maximum Gasteiger partial charge on any atom is 0.239 e. The number of morpholine rings is 1. The molecular weight excluding hydrogens is 324 g/mol. The van der Waals surface area contributed by atoms with Crippen molar-refractivity contribution in [3.63, 3.8) is 0 Å². The molecule has 1 saturated heterocycles. The molecule has 20 heavy (non-hydrogen) atoms. The first-order valence-corrected chi connectivity index (χ1v) is 7.36. The van der Waals surface area contributed by atoms with E-state index in [2.05, 4.69) is 36.4 Å². The summed E-state index contributed by atoms with van der Waals surface area (Å²) in [6.45, 7) is 3.37. The third-order valence-electron chi connectivity index (χ3n) is 3.02. The maximum atomic E-state index is 12.0. The molecule has 1 atom stereocenters. The van der Waals surface area contributed by atoms with Crippen LogP contribution in [0.2, 0.25) is 0 Å². The molecule has 0 aliphatic carbocycles. The lowest BCUT2D eigenvalue weighted by Crippen LogP contribution is -2.48. The Balaban J connectivity index is 1.80. The summed E-state index contributed by atoms with van der Waals surface area (Å²) in [4.78, 5) is 18.2. The molecule has 0 radical (unpaired) electrons. The van der Waals surface area contributed by atoms with Gasteiger partial charge >= 0.3 is 0 Å². The van der Waals surface area contributed by atoms with Crippen LogP contribution in [-0.4, -0.2) is 61.7 Å². The van der Waals surface area contributed by atoms with Crippen LogP contribution in [0.5, 0.6) is 0 Å². The third-order valence-corrected chi connectivity index (χ3v) is 3.49. The monoisotopic (exact) mass is 342 g/mol. The Bertz CT molecular complexity index is 439. The molecule has 2 heterocycles. The van der Waals surface area contributed by atoms with Gasteiger partial charge in [0.1, 0.15) is 5.82 Å². The smallest absolute Gasteiger partial charge is 0.239 e. The SMILES string of the molecule is CNCC1CN(CC(=O)Nc2ccc(Br)cn2)CCO1. The minimum atomic E-state index is -0.0510. The minimum absolute atomic E-state index is 0.0510. The number of hydrogen-bond donors (Lipinski definition) is 2. The van der Waals surface area contributed by atoms with Gasteiger partial charge in [-0.25, -0.2) is 4.98 Å². The maximum absolute atomic E-state index is 12.0. The Kier molecular flexibility index (Phi) is 5.90. The number of amides is 1. The summed E-state index contributed by atoms with van der Waals surface area (Å²) in [6.07, 6.45) is 1.81. The van der Waals surface area contributed by atoms with E-state index in [0.717, 1.165) is 24.1 Å². The average Bonchev–Trinajstić information content (AvgIpc) is 2.42. The van der Waals surface area contributed by atoms with E-state index in [4.69, 9.17) is 4.74 Å². The van der Waals surface area contributed by atoms with E-state index in [0.29, 0.717) is 19.0 Å². The molecule has 1 aliphatic heterocycles. The molecule has 0 bridgehead atoms. The number of nitrogens with zero attached hydrogens (tertiary/aromatic N) is 2. The summed E-state index contributed by atoms with van der Waals surface area (Å²) >= 11 is 3.31. The van der Waals surface area contributed by atoms with Gasteiger partial charge in [-0.3, -0.25) is 9.69 Å². The fourth-order valence-electron chi connectivity index (χ4n) is 2.11. The summed E-state index contributed by atoms with van der Waals surface area (Å²) in [5.74, 6) is 0.517. The molecule has 1 aliphatic rings. The Morgan fingerprint density at radius 3 is 3.15 bits per heavy atom. The number of ether oxygens (including phenoxy) is 1. The molecule has 1 aromatic rings. The highest BCUT2D eigenvalue weighted by atomic mass is 79.9. The van der Waals surface area contributed by atoms with Crippen molar-refractivity contribution >= 4 is 27.7 Å². The predicted octanol–water partition coefficient (Wildman–Crippen LogP) is 0.703. The van der Waals surface area contributed by atoms with Gasteiger partial charge in [0.05, 0.1) is 19.3 Å². The molecule has 0 spiro atoms. The lowest BCUT2D eigenvalue weighted by Gasteiger charge is -2.32. The predicted molar refractivity (Wildman–Crippen MR) is 80.7 cm³/mol. The van der Waals surface area contributed by atoms with Crippen LogP contribution >= 0.6 is 15.9 Å². The second-order valence-electron chi connectivity index (χ2n) is 4.70. The van der Waals surface area contributed by atoms with E-state index in [-0.39, 0.29) is 12.0 Å². The van der Waals surface area contributed by atoms with E-state index in [1.807, 2.05) is 13.1 Å². The van der Waals surface area contributed by atoms with Crippen LogP contribution in [0.1, 0.15) is 0 Å². The first kappa shape index (κ1) is 15.4. The first-order valence-electron chi connectivity index (χ1n) is 6.57. The minimum Gasteiger partial charge on any atom is -0.374 e. The standard InChI is InChI=1S/C13H19BrN4O2/c1-15-7-11-8-18(4-5-20-11)9-13(19)17-12-3-2-10(14)6-16-12/h2-3,6,11,15H,4-5,7-9H2,1H3,(H,16,17,19). The van der Waals surface area contributed by atoms with Gasteiger partial charge in [0.2, 0.25) is 5.91 Å². The van der Waals surface area contributed by atoms with Crippen LogP contribution in [0, 0.1) is 0 Å². The van der Waals surface area contributed by atoms with Crippen molar-refractivity contribution in [1.29, 1.82) is 0 Å². The number of nitrogens with one attached hydrogen (secondary N) is 2. The van der Waals surface area contributed by atoms with Crippen LogP contribution in [0.4, 0.5) is 5.82 Å². The third kappa shape index (κ3) is 4.82. The van der Waals surface area contributed by atoms with Crippen molar-refractivity contribution in [3.05, 3.63) is 22.8 Å². The lowest BCUT2D eigenvalue weighted by atomic mass is 10.2. The van der Waals surface area contributed by atoms with Gasteiger partial charge in [-0.1, -0.05) is 0 Å². The number of anilines is 1.